The molecule has 0 spiro atoms. The summed E-state index contributed by atoms with van der Waals surface area (Å²) in [5, 5.41) is 14.6. The number of alkyl halides is 2. The van der Waals surface area contributed by atoms with E-state index < -0.39 is 18.4 Å². The van der Waals surface area contributed by atoms with Gasteiger partial charge < -0.3 is 20.6 Å². The van der Waals surface area contributed by atoms with E-state index in [1.807, 2.05) is 12.1 Å². The second-order valence-electron chi connectivity index (χ2n) is 8.50. The molecule has 7 nitrogen and oxygen atoms in total. The van der Waals surface area contributed by atoms with E-state index in [9.17, 15) is 23.2 Å². The zero-order valence-electron chi connectivity index (χ0n) is 19.3. The molecule has 0 unspecified atom stereocenters. The summed E-state index contributed by atoms with van der Waals surface area (Å²) in [4.78, 5) is 38.1. The molecule has 0 bridgehead atoms. The van der Waals surface area contributed by atoms with Crippen LogP contribution in [0.1, 0.15) is 40.8 Å². The van der Waals surface area contributed by atoms with Gasteiger partial charge >= 0.3 is 12.0 Å². The molecule has 36 heavy (non-hydrogen) atoms. The Kier molecular flexibility index (Phi) is 7.58. The van der Waals surface area contributed by atoms with Gasteiger partial charge in [-0.1, -0.05) is 48.5 Å². The zero-order valence-corrected chi connectivity index (χ0v) is 19.3. The first-order valence-corrected chi connectivity index (χ1v) is 11.5. The fourth-order valence-corrected chi connectivity index (χ4v) is 4.12. The molecule has 3 amide bonds. The molecule has 1 heterocycles. The topological polar surface area (TPSA) is 98.7 Å². The Morgan fingerprint density at radius 1 is 0.917 bits per heavy atom. The number of hydrogen-bond acceptors (Lipinski definition) is 3. The lowest BCUT2D eigenvalue weighted by molar-refractivity contribution is -0.119. The molecule has 0 radical (unpaired) electrons. The number of carboxylic acids is 1. The van der Waals surface area contributed by atoms with Crippen molar-refractivity contribution in [2.45, 2.75) is 31.9 Å². The molecule has 3 aromatic rings. The molecule has 1 fully saturated rings. The third kappa shape index (κ3) is 5.86. The lowest BCUT2D eigenvalue weighted by atomic mass is 10.0. The maximum atomic E-state index is 12.9. The molecule has 9 heteroatoms. The van der Waals surface area contributed by atoms with Crippen LogP contribution in [-0.2, 0) is 11.3 Å². The summed E-state index contributed by atoms with van der Waals surface area (Å²) in [6.45, 7) is 0.613. The van der Waals surface area contributed by atoms with Gasteiger partial charge in [0, 0.05) is 24.3 Å². The first-order chi connectivity index (χ1) is 17.3. The van der Waals surface area contributed by atoms with E-state index in [1.165, 1.54) is 29.2 Å². The van der Waals surface area contributed by atoms with Gasteiger partial charge in [0.2, 0.25) is 5.91 Å². The van der Waals surface area contributed by atoms with Gasteiger partial charge in [-0.2, -0.15) is 0 Å². The van der Waals surface area contributed by atoms with Gasteiger partial charge in [-0.15, -0.1) is 0 Å². The molecule has 4 rings (SSSR count). The largest absolute Gasteiger partial charge is 0.478 e. The third-order valence-electron chi connectivity index (χ3n) is 6.11. The maximum absolute atomic E-state index is 12.9. The van der Waals surface area contributed by atoms with Crippen LogP contribution < -0.4 is 10.6 Å². The third-order valence-corrected chi connectivity index (χ3v) is 6.11. The summed E-state index contributed by atoms with van der Waals surface area (Å²) in [6.07, 6.45) is -1.31. The molecule has 3 aromatic carbocycles. The van der Waals surface area contributed by atoms with Gasteiger partial charge in [-0.05, 0) is 53.8 Å². The van der Waals surface area contributed by atoms with Gasteiger partial charge in [0.1, 0.15) is 6.04 Å². The minimum atomic E-state index is -2.54. The Hall–Kier alpha value is -4.27. The Bertz CT molecular complexity index is 1230. The molecule has 1 saturated heterocycles. The van der Waals surface area contributed by atoms with Crippen LogP contribution in [0.25, 0.3) is 11.1 Å². The standard InChI is InChI=1S/C27H25F2N3O4/c28-24(29)20-5-3-17(4-6-20)16-30-27(36)32-15-1-2-23(32)25(33)31-22-13-11-19(12-14-22)18-7-9-21(10-8-18)26(34)35/h3-14,23-24H,1-2,15-16H2,(H,30,36)(H,31,33)(H,34,35)/t23-/m1/s1. The minimum absolute atomic E-state index is 0.0783. The van der Waals surface area contributed by atoms with E-state index in [1.54, 1.807) is 36.4 Å². The number of carbonyl (C=O) groups is 3. The van der Waals surface area contributed by atoms with Gasteiger partial charge in [0.15, 0.2) is 0 Å². The number of amides is 3. The highest BCUT2D eigenvalue weighted by Crippen LogP contribution is 2.24. The second-order valence-corrected chi connectivity index (χ2v) is 8.50. The number of carbonyl (C=O) groups excluding carboxylic acids is 2. The minimum Gasteiger partial charge on any atom is -0.478 e. The van der Waals surface area contributed by atoms with Crippen LogP contribution in [-0.4, -0.2) is 40.5 Å². The van der Waals surface area contributed by atoms with E-state index in [0.29, 0.717) is 30.6 Å². The summed E-state index contributed by atoms with van der Waals surface area (Å²) in [7, 11) is 0. The number of nitrogens with one attached hydrogen (secondary N) is 2. The Morgan fingerprint density at radius 2 is 1.53 bits per heavy atom. The number of carboxylic acid groups (broad SMARTS) is 1. The number of aromatic carboxylic acids is 1. The van der Waals surface area contributed by atoms with E-state index in [0.717, 1.165) is 11.1 Å². The van der Waals surface area contributed by atoms with Crippen molar-refractivity contribution < 1.29 is 28.3 Å². The first-order valence-electron chi connectivity index (χ1n) is 11.5. The molecule has 186 valence electrons. The summed E-state index contributed by atoms with van der Waals surface area (Å²) >= 11 is 0. The molecule has 0 aromatic heterocycles. The zero-order chi connectivity index (χ0) is 25.7. The number of urea groups is 1. The number of anilines is 1. The van der Waals surface area contributed by atoms with Crippen molar-refractivity contribution in [1.82, 2.24) is 10.2 Å². The molecule has 1 aliphatic rings. The van der Waals surface area contributed by atoms with Gasteiger partial charge in [0.05, 0.1) is 5.56 Å². The van der Waals surface area contributed by atoms with Crippen LogP contribution in [0.4, 0.5) is 19.3 Å². The average molecular weight is 494 g/mol. The van der Waals surface area contributed by atoms with Crippen molar-refractivity contribution in [2.24, 2.45) is 0 Å². The van der Waals surface area contributed by atoms with Gasteiger partial charge in [0.25, 0.3) is 6.43 Å². The van der Waals surface area contributed by atoms with E-state index in [4.69, 9.17) is 5.11 Å². The summed E-state index contributed by atoms with van der Waals surface area (Å²) in [5.41, 5.74) is 3.11. The van der Waals surface area contributed by atoms with E-state index >= 15 is 0 Å². The number of rotatable bonds is 7. The molecule has 1 aliphatic heterocycles. The normalized spacial score (nSPS) is 15.1. The molecule has 0 aliphatic carbocycles. The highest BCUT2D eigenvalue weighted by molar-refractivity contribution is 5.97. The van der Waals surface area contributed by atoms with Crippen LogP contribution in [0.2, 0.25) is 0 Å². The molecule has 3 N–H and O–H groups in total. The fraction of sp³-hybridized carbons (Fsp3) is 0.222. The van der Waals surface area contributed by atoms with Crippen molar-refractivity contribution >= 4 is 23.6 Å². The monoisotopic (exact) mass is 493 g/mol. The number of likely N-dealkylation sites (tertiary alicyclic amines) is 1. The highest BCUT2D eigenvalue weighted by Gasteiger charge is 2.34. The SMILES string of the molecule is O=C(O)c1ccc(-c2ccc(NC(=O)[C@H]3CCCN3C(=O)NCc3ccc(C(F)F)cc3)cc2)cc1. The number of hydrogen-bond donors (Lipinski definition) is 3. The van der Waals surface area contributed by atoms with Crippen LogP contribution >= 0.6 is 0 Å². The van der Waals surface area contributed by atoms with Crippen LogP contribution in [0.5, 0.6) is 0 Å². The fourth-order valence-electron chi connectivity index (χ4n) is 4.12. The van der Waals surface area contributed by atoms with Crippen LogP contribution in [0.15, 0.2) is 72.8 Å². The number of benzene rings is 3. The second kappa shape index (κ2) is 11.0. The number of nitrogens with zero attached hydrogens (tertiary/aromatic N) is 1. The van der Waals surface area contributed by atoms with Crippen LogP contribution in [0, 0.1) is 0 Å². The Morgan fingerprint density at radius 3 is 2.11 bits per heavy atom. The van der Waals surface area contributed by atoms with Gasteiger partial charge in [-0.3, -0.25) is 4.79 Å². The summed E-state index contributed by atoms with van der Waals surface area (Å²) in [5.74, 6) is -1.28. The smallest absolute Gasteiger partial charge is 0.335 e. The maximum Gasteiger partial charge on any atom is 0.335 e. The van der Waals surface area contributed by atoms with Crippen molar-refractivity contribution in [3.8, 4) is 11.1 Å². The average Bonchev–Trinajstić information content (AvgIpc) is 3.38. The lowest BCUT2D eigenvalue weighted by Gasteiger charge is -2.24. The van der Waals surface area contributed by atoms with Crippen molar-refractivity contribution in [3.05, 3.63) is 89.5 Å². The Balaban J connectivity index is 1.33. The molecule has 1 atom stereocenters. The summed E-state index contributed by atoms with van der Waals surface area (Å²) in [6, 6.07) is 18.4. The van der Waals surface area contributed by atoms with Crippen molar-refractivity contribution in [2.75, 3.05) is 11.9 Å². The van der Waals surface area contributed by atoms with Crippen molar-refractivity contribution in [1.29, 1.82) is 0 Å². The quantitative estimate of drug-likeness (QED) is 0.416. The highest BCUT2D eigenvalue weighted by atomic mass is 19.3. The van der Waals surface area contributed by atoms with Crippen molar-refractivity contribution in [3.63, 3.8) is 0 Å². The predicted octanol–water partition coefficient (Wildman–Crippen LogP) is 5.30. The Labute approximate surface area is 206 Å². The van der Waals surface area contributed by atoms with E-state index in [2.05, 4.69) is 10.6 Å². The predicted molar refractivity (Wildman–Crippen MR) is 131 cm³/mol. The van der Waals surface area contributed by atoms with E-state index in [-0.39, 0.29) is 29.6 Å². The molecule has 0 saturated carbocycles. The first kappa shape index (κ1) is 24.8. The molecular formula is C27H25F2N3O4. The number of halogens is 2. The van der Waals surface area contributed by atoms with Crippen LogP contribution in [0.3, 0.4) is 0 Å². The molecular weight excluding hydrogens is 468 g/mol. The summed E-state index contributed by atoms with van der Waals surface area (Å²) < 4.78 is 25.4. The lowest BCUT2D eigenvalue weighted by Crippen LogP contribution is -2.47. The van der Waals surface area contributed by atoms with Gasteiger partial charge in [-0.25, -0.2) is 18.4 Å².